The summed E-state index contributed by atoms with van der Waals surface area (Å²) in [5.74, 6) is -0.278. The molecule has 1 fully saturated rings. The third kappa shape index (κ3) is 3.80. The Kier molecular flexibility index (Phi) is 4.53. The minimum absolute atomic E-state index is 0.245. The van der Waals surface area contributed by atoms with Crippen molar-refractivity contribution in [2.24, 2.45) is 0 Å². The normalized spacial score (nSPS) is 18.0. The average Bonchev–Trinajstić information content (AvgIpc) is 2.55. The van der Waals surface area contributed by atoms with Crippen molar-refractivity contribution in [1.29, 1.82) is 0 Å². The maximum Gasteiger partial charge on any atom is 0.270 e. The molecule has 2 aromatic rings. The van der Waals surface area contributed by atoms with E-state index in [0.29, 0.717) is 29.1 Å². The predicted octanol–water partition coefficient (Wildman–Crippen LogP) is 2.07. The van der Waals surface area contributed by atoms with Crippen LogP contribution in [0.3, 0.4) is 0 Å². The molecule has 0 saturated carbocycles. The van der Waals surface area contributed by atoms with Crippen LogP contribution >= 0.6 is 11.6 Å². The minimum atomic E-state index is -0.831. The van der Waals surface area contributed by atoms with E-state index < -0.39 is 5.60 Å². The van der Waals surface area contributed by atoms with E-state index in [1.807, 2.05) is 19.2 Å². The number of piperidine rings is 1. The Morgan fingerprint density at radius 3 is 2.78 bits per heavy atom. The quantitative estimate of drug-likeness (QED) is 0.902. The van der Waals surface area contributed by atoms with Crippen LogP contribution in [-0.4, -0.2) is 53.2 Å². The predicted molar refractivity (Wildman–Crippen MR) is 90.8 cm³/mol. The minimum Gasteiger partial charge on any atom is -0.388 e. The van der Waals surface area contributed by atoms with Gasteiger partial charge >= 0.3 is 0 Å². The molecular formula is C17H20ClN3O2. The lowest BCUT2D eigenvalue weighted by Crippen LogP contribution is -2.50. The second kappa shape index (κ2) is 6.43. The highest BCUT2D eigenvalue weighted by atomic mass is 35.5. The fourth-order valence-electron chi connectivity index (χ4n) is 2.76. The number of rotatable bonds is 3. The zero-order valence-electron chi connectivity index (χ0n) is 13.1. The lowest BCUT2D eigenvalue weighted by atomic mass is 9.91. The fraction of sp³-hybridized carbons (Fsp3) is 0.412. The van der Waals surface area contributed by atoms with Crippen molar-refractivity contribution < 1.29 is 9.90 Å². The van der Waals surface area contributed by atoms with Crippen LogP contribution in [-0.2, 0) is 0 Å². The first-order valence-corrected chi connectivity index (χ1v) is 8.08. The van der Waals surface area contributed by atoms with Gasteiger partial charge in [-0.1, -0.05) is 23.7 Å². The summed E-state index contributed by atoms with van der Waals surface area (Å²) < 4.78 is 0. The number of likely N-dealkylation sites (tertiary alicyclic amines) is 1. The topological polar surface area (TPSA) is 65.5 Å². The molecule has 1 amide bonds. The molecule has 3 rings (SSSR count). The van der Waals surface area contributed by atoms with Crippen LogP contribution in [0.4, 0.5) is 0 Å². The Bertz CT molecular complexity index is 727. The van der Waals surface area contributed by atoms with E-state index in [1.54, 1.807) is 18.2 Å². The molecule has 5 nitrogen and oxygen atoms in total. The summed E-state index contributed by atoms with van der Waals surface area (Å²) in [6.45, 7) is 1.91. The summed E-state index contributed by atoms with van der Waals surface area (Å²) in [5.41, 5.74) is 0.182. The number of aromatic nitrogens is 1. The van der Waals surface area contributed by atoms with Gasteiger partial charge in [-0.05, 0) is 38.1 Å². The van der Waals surface area contributed by atoms with E-state index >= 15 is 0 Å². The highest BCUT2D eigenvalue weighted by molar-refractivity contribution is 6.31. The third-order valence-corrected chi connectivity index (χ3v) is 4.62. The highest BCUT2D eigenvalue weighted by Gasteiger charge is 2.31. The number of aliphatic hydroxyl groups is 1. The fourth-order valence-corrected chi connectivity index (χ4v) is 2.93. The van der Waals surface area contributed by atoms with Gasteiger partial charge in [0.15, 0.2) is 0 Å². The number of fused-ring (bicyclic) bond motifs is 1. The van der Waals surface area contributed by atoms with Gasteiger partial charge in [-0.25, -0.2) is 4.98 Å². The number of benzene rings is 1. The Hall–Kier alpha value is -1.69. The summed E-state index contributed by atoms with van der Waals surface area (Å²) in [4.78, 5) is 18.8. The van der Waals surface area contributed by atoms with Gasteiger partial charge < -0.3 is 15.3 Å². The Morgan fingerprint density at radius 2 is 2.04 bits per heavy atom. The number of carbonyl (C=O) groups is 1. The molecule has 1 aromatic carbocycles. The van der Waals surface area contributed by atoms with Gasteiger partial charge in [0.05, 0.1) is 11.1 Å². The Balaban J connectivity index is 1.68. The van der Waals surface area contributed by atoms with Crippen molar-refractivity contribution in [3.05, 3.63) is 41.0 Å². The molecule has 0 radical (unpaired) electrons. The number of pyridine rings is 1. The van der Waals surface area contributed by atoms with Crippen LogP contribution in [0.1, 0.15) is 23.3 Å². The molecule has 23 heavy (non-hydrogen) atoms. The standard InChI is InChI=1S/C17H20ClN3O2/c1-21-8-6-17(23,7-9-21)11-19-16(22)14-5-3-12-2-4-13(18)10-15(12)20-14/h2-5,10,23H,6-9,11H2,1H3,(H,19,22). The van der Waals surface area contributed by atoms with Crippen molar-refractivity contribution in [3.63, 3.8) is 0 Å². The van der Waals surface area contributed by atoms with Crippen LogP contribution in [0.15, 0.2) is 30.3 Å². The average molecular weight is 334 g/mol. The number of nitrogens with one attached hydrogen (secondary N) is 1. The number of carbonyl (C=O) groups excluding carboxylic acids is 1. The van der Waals surface area contributed by atoms with E-state index in [1.165, 1.54) is 0 Å². The molecule has 1 aliphatic heterocycles. The van der Waals surface area contributed by atoms with Gasteiger partial charge in [0.2, 0.25) is 0 Å². The zero-order valence-corrected chi connectivity index (χ0v) is 13.8. The van der Waals surface area contributed by atoms with Gasteiger partial charge in [-0.2, -0.15) is 0 Å². The van der Waals surface area contributed by atoms with Gasteiger partial charge in [-0.15, -0.1) is 0 Å². The summed E-state index contributed by atoms with van der Waals surface area (Å²) in [6.07, 6.45) is 1.31. The molecule has 0 spiro atoms. The van der Waals surface area contributed by atoms with Crippen LogP contribution < -0.4 is 5.32 Å². The van der Waals surface area contributed by atoms with E-state index in [2.05, 4.69) is 15.2 Å². The second-order valence-corrected chi connectivity index (χ2v) is 6.68. The van der Waals surface area contributed by atoms with Crippen molar-refractivity contribution in [1.82, 2.24) is 15.2 Å². The number of nitrogens with zero attached hydrogens (tertiary/aromatic N) is 2. The Labute approximate surface area is 140 Å². The highest BCUT2D eigenvalue weighted by Crippen LogP contribution is 2.21. The largest absolute Gasteiger partial charge is 0.388 e. The molecular weight excluding hydrogens is 314 g/mol. The first kappa shape index (κ1) is 16.2. The molecule has 2 heterocycles. The maximum atomic E-state index is 12.3. The Morgan fingerprint density at radius 1 is 1.35 bits per heavy atom. The van der Waals surface area contributed by atoms with Gasteiger partial charge in [-0.3, -0.25) is 4.79 Å². The molecule has 0 unspecified atom stereocenters. The van der Waals surface area contributed by atoms with E-state index in [4.69, 9.17) is 11.6 Å². The molecule has 6 heteroatoms. The molecule has 0 bridgehead atoms. The summed E-state index contributed by atoms with van der Waals surface area (Å²) >= 11 is 5.97. The zero-order chi connectivity index (χ0) is 16.4. The maximum absolute atomic E-state index is 12.3. The summed E-state index contributed by atoms with van der Waals surface area (Å²) in [6, 6.07) is 8.93. The van der Waals surface area contributed by atoms with Gasteiger partial charge in [0.1, 0.15) is 5.69 Å². The van der Waals surface area contributed by atoms with Crippen molar-refractivity contribution in [2.45, 2.75) is 18.4 Å². The molecule has 2 N–H and O–H groups in total. The first-order valence-electron chi connectivity index (χ1n) is 7.71. The van der Waals surface area contributed by atoms with E-state index in [0.717, 1.165) is 18.5 Å². The monoisotopic (exact) mass is 333 g/mol. The van der Waals surface area contributed by atoms with Gasteiger partial charge in [0.25, 0.3) is 5.91 Å². The number of amides is 1. The van der Waals surface area contributed by atoms with Gasteiger partial charge in [0, 0.05) is 30.0 Å². The lowest BCUT2D eigenvalue weighted by Gasteiger charge is -2.36. The number of hydrogen-bond donors (Lipinski definition) is 2. The van der Waals surface area contributed by atoms with Crippen LogP contribution in [0.5, 0.6) is 0 Å². The molecule has 0 aliphatic carbocycles. The smallest absolute Gasteiger partial charge is 0.270 e. The van der Waals surface area contributed by atoms with Crippen molar-refractivity contribution in [2.75, 3.05) is 26.7 Å². The molecule has 1 saturated heterocycles. The van der Waals surface area contributed by atoms with E-state index in [-0.39, 0.29) is 12.5 Å². The number of halogens is 1. The van der Waals surface area contributed by atoms with Crippen LogP contribution in [0.25, 0.3) is 10.9 Å². The SMILES string of the molecule is CN1CCC(O)(CNC(=O)c2ccc3ccc(Cl)cc3n2)CC1. The van der Waals surface area contributed by atoms with Crippen molar-refractivity contribution in [3.8, 4) is 0 Å². The van der Waals surface area contributed by atoms with Crippen LogP contribution in [0.2, 0.25) is 5.02 Å². The lowest BCUT2D eigenvalue weighted by molar-refractivity contribution is -0.0135. The summed E-state index contributed by atoms with van der Waals surface area (Å²) in [7, 11) is 2.03. The van der Waals surface area contributed by atoms with Crippen LogP contribution in [0, 0.1) is 0 Å². The molecule has 1 aliphatic rings. The molecule has 1 aromatic heterocycles. The van der Waals surface area contributed by atoms with E-state index in [9.17, 15) is 9.90 Å². The molecule has 0 atom stereocenters. The number of hydrogen-bond acceptors (Lipinski definition) is 4. The third-order valence-electron chi connectivity index (χ3n) is 4.38. The van der Waals surface area contributed by atoms with Crippen molar-refractivity contribution >= 4 is 28.4 Å². The molecule has 122 valence electrons. The first-order chi connectivity index (χ1) is 11.0. The second-order valence-electron chi connectivity index (χ2n) is 6.24. The summed E-state index contributed by atoms with van der Waals surface area (Å²) in [5, 5.41) is 14.8.